The first kappa shape index (κ1) is 78.2. The topological polar surface area (TPSA) is 114 Å². The van der Waals surface area contributed by atoms with Crippen LogP contribution in [0.1, 0.15) is 303 Å². The molecule has 0 saturated carbocycles. The van der Waals surface area contributed by atoms with Crippen LogP contribution in [0.25, 0.3) is 0 Å². The fourth-order valence-corrected chi connectivity index (χ4v) is 10.4. The number of ether oxygens (including phenoxy) is 1. The molecule has 1 N–H and O–H groups in total. The molecule has 0 rings (SSSR count). The molecule has 1 amide bonds. The molecule has 0 aromatic heterocycles. The summed E-state index contributed by atoms with van der Waals surface area (Å²) in [7, 11) is 1.18. The van der Waals surface area contributed by atoms with Gasteiger partial charge in [-0.1, -0.05) is 292 Å². The summed E-state index contributed by atoms with van der Waals surface area (Å²) in [5, 5.41) is 3.03. The number of nitrogens with one attached hydrogen (secondary N) is 1. The van der Waals surface area contributed by atoms with E-state index < -0.39 is 26.6 Å². The summed E-state index contributed by atoms with van der Waals surface area (Å²) in [4.78, 5) is 40.1. The van der Waals surface area contributed by atoms with E-state index in [-0.39, 0.29) is 24.9 Å². The van der Waals surface area contributed by atoms with Gasteiger partial charge in [0.05, 0.1) is 33.8 Å². The molecule has 0 radical (unpaired) electrons. The lowest BCUT2D eigenvalue weighted by Gasteiger charge is -2.30. The Bertz CT molecular complexity index is 1660. The Morgan fingerprint density at radius 1 is 0.444 bits per heavy atom. The van der Waals surface area contributed by atoms with Crippen LogP contribution in [-0.2, 0) is 27.9 Å². The monoisotopic (exact) mass is 1150 g/mol. The van der Waals surface area contributed by atoms with Crippen molar-refractivity contribution in [2.75, 3.05) is 40.9 Å². The van der Waals surface area contributed by atoms with Gasteiger partial charge in [0.15, 0.2) is 0 Å². The summed E-state index contributed by atoms with van der Waals surface area (Å²) in [6.07, 6.45) is 79.8. The summed E-state index contributed by atoms with van der Waals surface area (Å²) in [5.41, 5.74) is 0. The molecule has 9 nitrogen and oxygen atoms in total. The first-order valence-electron chi connectivity index (χ1n) is 33.9. The van der Waals surface area contributed by atoms with Gasteiger partial charge in [0, 0.05) is 12.8 Å². The fourth-order valence-electron chi connectivity index (χ4n) is 9.64. The van der Waals surface area contributed by atoms with Gasteiger partial charge in [0.1, 0.15) is 19.3 Å². The quantitative estimate of drug-likeness (QED) is 0.0212. The number of hydrogen-bond acceptors (Lipinski definition) is 7. The molecule has 0 aromatic carbocycles. The highest BCUT2D eigenvalue weighted by molar-refractivity contribution is 7.45. The van der Waals surface area contributed by atoms with E-state index in [9.17, 15) is 19.0 Å². The third-order valence-corrected chi connectivity index (χ3v) is 15.8. The van der Waals surface area contributed by atoms with Gasteiger partial charge >= 0.3 is 5.97 Å². The van der Waals surface area contributed by atoms with E-state index in [1.54, 1.807) is 0 Å². The Balaban J connectivity index is 5.07. The van der Waals surface area contributed by atoms with Crippen molar-refractivity contribution < 1.29 is 37.3 Å². The number of carbonyl (C=O) groups excluding carboxylic acids is 2. The molecule has 10 heteroatoms. The van der Waals surface area contributed by atoms with Crippen LogP contribution in [0.2, 0.25) is 0 Å². The van der Waals surface area contributed by atoms with E-state index in [1.807, 2.05) is 33.3 Å². The molecule has 0 aliphatic carbocycles. The Kier molecular flexibility index (Phi) is 58.2. The van der Waals surface area contributed by atoms with Crippen molar-refractivity contribution in [2.45, 2.75) is 315 Å². The van der Waals surface area contributed by atoms with Crippen LogP contribution in [0, 0.1) is 0 Å². The smallest absolute Gasteiger partial charge is 0.306 e. The van der Waals surface area contributed by atoms with Crippen LogP contribution in [-0.4, -0.2) is 69.4 Å². The van der Waals surface area contributed by atoms with Gasteiger partial charge in [-0.3, -0.25) is 14.2 Å². The molecule has 0 spiro atoms. The number of amides is 1. The number of likely N-dealkylation sites (N-methyl/N-ethyl adjacent to an activating group) is 1. The minimum absolute atomic E-state index is 0.0258. The van der Waals surface area contributed by atoms with Crippen molar-refractivity contribution in [3.8, 4) is 0 Å². The summed E-state index contributed by atoms with van der Waals surface area (Å²) >= 11 is 0. The van der Waals surface area contributed by atoms with E-state index in [1.165, 1.54) is 161 Å². The first-order chi connectivity index (χ1) is 39.4. The third-order valence-electron chi connectivity index (χ3n) is 14.8. The van der Waals surface area contributed by atoms with Crippen LogP contribution >= 0.6 is 7.82 Å². The lowest BCUT2D eigenvalue weighted by Crippen LogP contribution is -2.47. The zero-order chi connectivity index (χ0) is 59.3. The van der Waals surface area contributed by atoms with Crippen molar-refractivity contribution in [3.05, 3.63) is 85.1 Å². The number of quaternary nitrogens is 1. The van der Waals surface area contributed by atoms with Crippen LogP contribution in [0.5, 0.6) is 0 Å². The van der Waals surface area contributed by atoms with E-state index >= 15 is 0 Å². The zero-order valence-corrected chi connectivity index (χ0v) is 54.6. The molecule has 0 heterocycles. The predicted molar refractivity (Wildman–Crippen MR) is 348 cm³/mol. The third kappa shape index (κ3) is 61.6. The molecule has 0 aliphatic heterocycles. The fraction of sp³-hybridized carbons (Fsp3) is 0.775. The highest BCUT2D eigenvalue weighted by Crippen LogP contribution is 2.38. The maximum atomic E-state index is 13.6. The van der Waals surface area contributed by atoms with Gasteiger partial charge in [-0.2, -0.15) is 0 Å². The number of carbonyl (C=O) groups is 2. The molecular weight excluding hydrogens is 1020 g/mol. The Hall–Kier alpha value is -2.81. The largest absolute Gasteiger partial charge is 0.756 e. The maximum Gasteiger partial charge on any atom is 0.306 e. The summed E-state index contributed by atoms with van der Waals surface area (Å²) in [6, 6.07) is -0.895. The minimum atomic E-state index is -4.70. The van der Waals surface area contributed by atoms with Crippen molar-refractivity contribution in [2.24, 2.45) is 0 Å². The number of nitrogens with zero attached hydrogens (tertiary/aromatic N) is 1. The number of rotatable bonds is 61. The second-order valence-corrected chi connectivity index (χ2v) is 25.4. The second-order valence-electron chi connectivity index (χ2n) is 24.0. The van der Waals surface area contributed by atoms with Crippen molar-refractivity contribution in [3.63, 3.8) is 0 Å². The molecule has 0 bridgehead atoms. The molecule has 0 aromatic rings. The Morgan fingerprint density at radius 3 is 1.19 bits per heavy atom. The van der Waals surface area contributed by atoms with Gasteiger partial charge in [-0.25, -0.2) is 0 Å². The van der Waals surface area contributed by atoms with Crippen LogP contribution in [0.15, 0.2) is 85.1 Å². The van der Waals surface area contributed by atoms with Crippen LogP contribution < -0.4 is 10.2 Å². The van der Waals surface area contributed by atoms with Crippen molar-refractivity contribution >= 4 is 19.7 Å². The Morgan fingerprint density at radius 2 is 0.790 bits per heavy atom. The van der Waals surface area contributed by atoms with Crippen LogP contribution in [0.3, 0.4) is 0 Å². The summed E-state index contributed by atoms with van der Waals surface area (Å²) < 4.78 is 30.4. The van der Waals surface area contributed by atoms with Gasteiger partial charge < -0.3 is 28.5 Å². The molecule has 0 fully saturated rings. The highest BCUT2D eigenvalue weighted by atomic mass is 31.2. The van der Waals surface area contributed by atoms with Crippen LogP contribution in [0.4, 0.5) is 0 Å². The van der Waals surface area contributed by atoms with Gasteiger partial charge in [-0.05, 0) is 83.1 Å². The van der Waals surface area contributed by atoms with Crippen molar-refractivity contribution in [1.29, 1.82) is 0 Å². The lowest BCUT2D eigenvalue weighted by molar-refractivity contribution is -0.870. The average molecular weight is 1150 g/mol. The molecule has 81 heavy (non-hydrogen) atoms. The van der Waals surface area contributed by atoms with Crippen molar-refractivity contribution in [1.82, 2.24) is 5.32 Å². The van der Waals surface area contributed by atoms with Gasteiger partial charge in [-0.15, -0.1) is 0 Å². The SMILES string of the molecule is CC/C=C\C/C=C\C/C=C\C/C=C\C/C=C\C/C=C\CCCCCCCCCCC(=O)NC(COP(=O)([O-])OCC[N+](C)(C)C)C(/C=C\CCCCCCCCCCC)OC(=O)CCCCCCCCCCCCCCCCCCC. The lowest BCUT2D eigenvalue weighted by atomic mass is 10.0. The summed E-state index contributed by atoms with van der Waals surface area (Å²) in [5.74, 6) is -0.544. The molecular formula is C71H129N2O7P. The van der Waals surface area contributed by atoms with E-state index in [4.69, 9.17) is 13.8 Å². The molecule has 470 valence electrons. The maximum absolute atomic E-state index is 13.6. The van der Waals surface area contributed by atoms with E-state index in [0.29, 0.717) is 17.4 Å². The van der Waals surface area contributed by atoms with Gasteiger partial charge in [0.2, 0.25) is 5.91 Å². The number of hydrogen-bond donors (Lipinski definition) is 1. The summed E-state index contributed by atoms with van der Waals surface area (Å²) in [6.45, 7) is 6.74. The average Bonchev–Trinajstić information content (AvgIpc) is 3.43. The predicted octanol–water partition coefficient (Wildman–Crippen LogP) is 20.7. The Labute approximate surface area is 501 Å². The molecule has 3 unspecified atom stereocenters. The zero-order valence-electron chi connectivity index (χ0n) is 53.7. The number of unbranched alkanes of at least 4 members (excludes halogenated alkanes) is 33. The van der Waals surface area contributed by atoms with Gasteiger partial charge in [0.25, 0.3) is 7.82 Å². The number of allylic oxidation sites excluding steroid dienone is 13. The standard InChI is InChI=1S/C71H129N2O7P/c1-7-10-13-16-19-22-25-27-29-31-32-33-34-35-36-37-38-39-40-42-43-45-48-51-54-57-60-63-70(74)72-68(67-79-81(76,77)78-66-65-73(4,5)6)69(62-59-56-53-50-47-24-21-18-15-12-9-3)80-71(75)64-61-58-55-52-49-46-44-41-30-28-26-23-20-17-14-11-8-2/h10,13,19,22,27,29,32-33,35-36,38-39,59,62,68-69H,7-9,11-12,14-18,20-21,23-26,28,30-31,34,37,40-58,60-61,63-67H2,1-6H3,(H-,72,74,76,77)/b13-10-,22-19-,29-27-,33-32-,36-35-,39-38-,62-59-. The highest BCUT2D eigenvalue weighted by Gasteiger charge is 2.27. The number of esters is 1. The number of phosphoric ester groups is 1. The molecule has 3 atom stereocenters. The first-order valence-corrected chi connectivity index (χ1v) is 35.4. The normalized spacial score (nSPS) is 14.1. The second kappa shape index (κ2) is 60.3. The van der Waals surface area contributed by atoms with E-state index in [2.05, 4.69) is 99.0 Å². The molecule has 0 saturated heterocycles. The van der Waals surface area contributed by atoms with E-state index in [0.717, 1.165) is 109 Å². The minimum Gasteiger partial charge on any atom is -0.756 e. The molecule has 0 aliphatic rings. The number of phosphoric acid groups is 1.